The van der Waals surface area contributed by atoms with Gasteiger partial charge in [-0.15, -0.1) is 0 Å². The Balaban J connectivity index is 1.77. The summed E-state index contributed by atoms with van der Waals surface area (Å²) in [5.41, 5.74) is 1.60. The first-order chi connectivity index (χ1) is 12.5. The fraction of sp³-hybridized carbons (Fsp3) is 0.0625. The molecule has 0 aliphatic carbocycles. The number of nitrogens with zero attached hydrogens (tertiary/aromatic N) is 5. The van der Waals surface area contributed by atoms with Crippen molar-refractivity contribution in [2.45, 2.75) is 6.54 Å². The molecule has 0 saturated heterocycles. The van der Waals surface area contributed by atoms with Crippen molar-refractivity contribution < 1.29 is 4.79 Å². The molecule has 26 heavy (non-hydrogen) atoms. The molecule has 0 fully saturated rings. The number of nitrogens with one attached hydrogen (secondary N) is 1. The molecule has 1 N–H and O–H groups in total. The van der Waals surface area contributed by atoms with Gasteiger partial charge in [-0.2, -0.15) is 9.61 Å². The molecular formula is C16H12BBrN6O2. The molecule has 0 unspecified atom stereocenters. The predicted octanol–water partition coefficient (Wildman–Crippen LogP) is 0.0988. The molecule has 1 amide bonds. The Bertz CT molecular complexity index is 1200. The zero-order valence-electron chi connectivity index (χ0n) is 13.7. The first-order valence-corrected chi connectivity index (χ1v) is 8.57. The van der Waals surface area contributed by atoms with Crippen LogP contribution in [0.4, 0.5) is 5.82 Å². The quantitative estimate of drug-likeness (QED) is 0.483. The van der Waals surface area contributed by atoms with Crippen molar-refractivity contribution in [1.82, 2.24) is 24.1 Å². The molecule has 8 nitrogen and oxygen atoms in total. The SMILES string of the molecule is Bc1ccc(NC(=O)Cn2c(=O)c3cccnc3n3nc(Br)cc23)nc1. The molecule has 0 radical (unpaired) electrons. The molecule has 4 rings (SSSR count). The molecular weight excluding hydrogens is 399 g/mol. The third-order valence-electron chi connectivity index (χ3n) is 3.88. The summed E-state index contributed by atoms with van der Waals surface area (Å²) in [4.78, 5) is 33.7. The Morgan fingerprint density at radius 3 is 2.88 bits per heavy atom. The van der Waals surface area contributed by atoms with Gasteiger partial charge in [0.25, 0.3) is 5.56 Å². The number of fused-ring (bicyclic) bond motifs is 3. The molecule has 0 saturated carbocycles. The second-order valence-electron chi connectivity index (χ2n) is 5.77. The van der Waals surface area contributed by atoms with Crippen LogP contribution in [0.25, 0.3) is 16.7 Å². The van der Waals surface area contributed by atoms with Crippen LogP contribution in [0.3, 0.4) is 0 Å². The molecule has 4 heterocycles. The van der Waals surface area contributed by atoms with E-state index in [1.807, 2.05) is 13.9 Å². The lowest BCUT2D eigenvalue weighted by Crippen LogP contribution is -2.29. The Hall–Kier alpha value is -3.01. The minimum Gasteiger partial charge on any atom is -0.309 e. The maximum absolute atomic E-state index is 12.9. The van der Waals surface area contributed by atoms with Gasteiger partial charge in [0, 0.05) is 18.5 Å². The number of hydrogen-bond donors (Lipinski definition) is 1. The summed E-state index contributed by atoms with van der Waals surface area (Å²) in [5.74, 6) is 0.0766. The largest absolute Gasteiger partial charge is 0.309 e. The van der Waals surface area contributed by atoms with E-state index in [2.05, 4.69) is 36.3 Å². The number of hydrogen-bond acceptors (Lipinski definition) is 5. The Morgan fingerprint density at radius 2 is 2.12 bits per heavy atom. The maximum atomic E-state index is 12.9. The van der Waals surface area contributed by atoms with Crippen LogP contribution in [0.5, 0.6) is 0 Å². The third kappa shape index (κ3) is 2.88. The minimum absolute atomic E-state index is 0.166. The van der Waals surface area contributed by atoms with Gasteiger partial charge in [-0.1, -0.05) is 11.5 Å². The van der Waals surface area contributed by atoms with Gasteiger partial charge in [-0.3, -0.25) is 14.2 Å². The van der Waals surface area contributed by atoms with E-state index in [1.165, 1.54) is 9.08 Å². The number of carbonyl (C=O) groups is 1. The summed E-state index contributed by atoms with van der Waals surface area (Å²) in [7, 11) is 1.91. The molecule has 0 aliphatic rings. The van der Waals surface area contributed by atoms with Crippen molar-refractivity contribution in [3.63, 3.8) is 0 Å². The predicted molar refractivity (Wildman–Crippen MR) is 103 cm³/mol. The smallest absolute Gasteiger partial charge is 0.263 e. The Morgan fingerprint density at radius 1 is 1.27 bits per heavy atom. The Kier molecular flexibility index (Phi) is 4.04. The average Bonchev–Trinajstić information content (AvgIpc) is 3.02. The van der Waals surface area contributed by atoms with E-state index >= 15 is 0 Å². The summed E-state index contributed by atoms with van der Waals surface area (Å²) < 4.78 is 3.45. The highest BCUT2D eigenvalue weighted by Crippen LogP contribution is 2.16. The second-order valence-corrected chi connectivity index (χ2v) is 6.58. The van der Waals surface area contributed by atoms with Crippen LogP contribution < -0.4 is 16.3 Å². The monoisotopic (exact) mass is 410 g/mol. The summed E-state index contributed by atoms with van der Waals surface area (Å²) in [5, 5.41) is 7.39. The van der Waals surface area contributed by atoms with E-state index in [1.54, 1.807) is 36.7 Å². The number of rotatable bonds is 3. The van der Waals surface area contributed by atoms with E-state index in [0.29, 0.717) is 27.1 Å². The lowest BCUT2D eigenvalue weighted by Gasteiger charge is -2.10. The van der Waals surface area contributed by atoms with Crippen molar-refractivity contribution in [1.29, 1.82) is 0 Å². The molecule has 0 atom stereocenters. The molecule has 10 heteroatoms. The van der Waals surface area contributed by atoms with Gasteiger partial charge in [0.1, 0.15) is 30.5 Å². The first kappa shape index (κ1) is 16.5. The standard InChI is InChI=1S/C16H12BBrN6O2/c17-9-3-4-12(20-7-9)21-13(25)8-23-14-6-11(18)22-24(14)15-10(16(23)26)2-1-5-19-15/h1-7H,8,17H2,(H,20,21,25). The molecule has 0 aliphatic heterocycles. The molecule has 4 aromatic rings. The highest BCUT2D eigenvalue weighted by molar-refractivity contribution is 9.10. The summed E-state index contributed by atoms with van der Waals surface area (Å²) in [6, 6.07) is 8.57. The summed E-state index contributed by atoms with van der Waals surface area (Å²) in [6.45, 7) is -0.166. The van der Waals surface area contributed by atoms with E-state index in [9.17, 15) is 9.59 Å². The topological polar surface area (TPSA) is 94.2 Å². The van der Waals surface area contributed by atoms with Crippen LogP contribution in [0.15, 0.2) is 52.1 Å². The van der Waals surface area contributed by atoms with Crippen LogP contribution in [0, 0.1) is 0 Å². The number of aromatic nitrogens is 5. The van der Waals surface area contributed by atoms with Crippen LogP contribution >= 0.6 is 15.9 Å². The third-order valence-corrected chi connectivity index (χ3v) is 4.27. The number of amides is 1. The number of anilines is 1. The molecule has 4 aromatic heterocycles. The van der Waals surface area contributed by atoms with Gasteiger partial charge >= 0.3 is 0 Å². The Labute approximate surface area is 156 Å². The lowest BCUT2D eigenvalue weighted by atomic mass is 9.99. The fourth-order valence-corrected chi connectivity index (χ4v) is 3.06. The molecule has 0 spiro atoms. The van der Waals surface area contributed by atoms with Crippen molar-refractivity contribution in [2.75, 3.05) is 5.32 Å². The van der Waals surface area contributed by atoms with Gasteiger partial charge in [-0.25, -0.2) is 9.97 Å². The number of halogens is 1. The van der Waals surface area contributed by atoms with Crippen molar-refractivity contribution >= 4 is 57.6 Å². The highest BCUT2D eigenvalue weighted by Gasteiger charge is 2.16. The van der Waals surface area contributed by atoms with Crippen LogP contribution in [-0.2, 0) is 11.3 Å². The number of pyridine rings is 2. The second kappa shape index (κ2) is 6.38. The zero-order valence-corrected chi connectivity index (χ0v) is 15.3. The highest BCUT2D eigenvalue weighted by atomic mass is 79.9. The van der Waals surface area contributed by atoms with Gasteiger partial charge in [-0.05, 0) is 34.1 Å². The van der Waals surface area contributed by atoms with Crippen LogP contribution in [0.1, 0.15) is 0 Å². The van der Waals surface area contributed by atoms with Gasteiger partial charge in [0.05, 0.1) is 5.39 Å². The van der Waals surface area contributed by atoms with E-state index in [4.69, 9.17) is 0 Å². The normalized spacial score (nSPS) is 11.1. The summed E-state index contributed by atoms with van der Waals surface area (Å²) >= 11 is 3.31. The van der Waals surface area contributed by atoms with E-state index in [-0.39, 0.29) is 18.0 Å². The molecule has 0 aromatic carbocycles. The molecule has 0 bridgehead atoms. The van der Waals surface area contributed by atoms with E-state index in [0.717, 1.165) is 5.46 Å². The average molecular weight is 411 g/mol. The van der Waals surface area contributed by atoms with E-state index < -0.39 is 0 Å². The zero-order chi connectivity index (χ0) is 18.3. The summed E-state index contributed by atoms with van der Waals surface area (Å²) in [6.07, 6.45) is 3.26. The van der Waals surface area contributed by atoms with Crippen LogP contribution in [-0.4, -0.2) is 37.9 Å². The van der Waals surface area contributed by atoms with Gasteiger partial charge < -0.3 is 5.32 Å². The van der Waals surface area contributed by atoms with Gasteiger partial charge in [0.2, 0.25) is 5.91 Å². The van der Waals surface area contributed by atoms with Crippen molar-refractivity contribution in [3.05, 3.63) is 57.7 Å². The first-order valence-electron chi connectivity index (χ1n) is 7.78. The molecule has 128 valence electrons. The van der Waals surface area contributed by atoms with Crippen molar-refractivity contribution in [2.24, 2.45) is 0 Å². The van der Waals surface area contributed by atoms with Crippen LogP contribution in [0.2, 0.25) is 0 Å². The maximum Gasteiger partial charge on any atom is 0.263 e. The van der Waals surface area contributed by atoms with Crippen molar-refractivity contribution in [3.8, 4) is 0 Å². The lowest BCUT2D eigenvalue weighted by molar-refractivity contribution is -0.116. The minimum atomic E-state index is -0.356. The van der Waals surface area contributed by atoms with Gasteiger partial charge in [0.15, 0.2) is 5.65 Å². The number of carbonyl (C=O) groups excluding carboxylic acids is 1. The fourth-order valence-electron chi connectivity index (χ4n) is 2.69.